The highest BCUT2D eigenvalue weighted by molar-refractivity contribution is 7.92. The molecule has 0 aliphatic heterocycles. The maximum absolute atomic E-state index is 14.1. The Morgan fingerprint density at radius 2 is 1.66 bits per heavy atom. The number of methoxy groups -OCH3 is 1. The molecule has 8 nitrogen and oxygen atoms in total. The van der Waals surface area contributed by atoms with E-state index in [1.54, 1.807) is 43.3 Å². The van der Waals surface area contributed by atoms with Crippen LogP contribution in [0.15, 0.2) is 77.7 Å². The number of nitrogens with zero attached hydrogens (tertiary/aromatic N) is 2. The second kappa shape index (κ2) is 13.2. The van der Waals surface area contributed by atoms with Crippen molar-refractivity contribution in [3.05, 3.63) is 89.5 Å². The SMILES string of the molecule is COc1cccc(N(CC(=O)N(Cc2ccccc2C)[C@H](C)C(=O)NC2CCCC2)S(=O)(=O)c2ccc(C)cc2)c1. The number of hydrogen-bond donors (Lipinski definition) is 1. The van der Waals surface area contributed by atoms with Crippen LogP contribution in [0.3, 0.4) is 0 Å². The molecule has 3 aromatic rings. The zero-order valence-corrected chi connectivity index (χ0v) is 25.0. The first-order valence-electron chi connectivity index (χ1n) is 14.0. The molecule has 3 aromatic carbocycles. The molecule has 0 heterocycles. The molecule has 1 aliphatic carbocycles. The first-order chi connectivity index (χ1) is 19.6. The molecule has 218 valence electrons. The van der Waals surface area contributed by atoms with Crippen molar-refractivity contribution in [1.82, 2.24) is 10.2 Å². The molecule has 0 saturated heterocycles. The molecule has 1 aliphatic rings. The summed E-state index contributed by atoms with van der Waals surface area (Å²) in [7, 11) is -2.64. The molecule has 9 heteroatoms. The Morgan fingerprint density at radius 3 is 2.32 bits per heavy atom. The third-order valence-electron chi connectivity index (χ3n) is 7.70. The maximum atomic E-state index is 14.1. The van der Waals surface area contributed by atoms with Crippen LogP contribution >= 0.6 is 0 Å². The molecular formula is C32H39N3O5S. The fraction of sp³-hybridized carbons (Fsp3) is 0.375. The van der Waals surface area contributed by atoms with E-state index < -0.39 is 28.5 Å². The van der Waals surface area contributed by atoms with Gasteiger partial charge in [-0.2, -0.15) is 0 Å². The standard InChI is InChI=1S/C32H39N3O5S/c1-23-16-18-30(19-17-23)41(38,39)35(28-14-9-15-29(20-28)40-4)22-31(36)34(21-26-11-6-5-10-24(26)2)25(3)32(37)33-27-12-7-8-13-27/h5-6,9-11,14-20,25,27H,7-8,12-13,21-22H2,1-4H3,(H,33,37)/t25-/m1/s1. The summed E-state index contributed by atoms with van der Waals surface area (Å²) in [6, 6.07) is 20.1. The fourth-order valence-corrected chi connectivity index (χ4v) is 6.48. The monoisotopic (exact) mass is 577 g/mol. The Kier molecular flexibility index (Phi) is 9.70. The second-order valence-corrected chi connectivity index (χ2v) is 12.5. The van der Waals surface area contributed by atoms with Gasteiger partial charge in [-0.05, 0) is 69.0 Å². The molecule has 4 rings (SSSR count). The van der Waals surface area contributed by atoms with Gasteiger partial charge in [0.25, 0.3) is 10.0 Å². The highest BCUT2D eigenvalue weighted by atomic mass is 32.2. The number of sulfonamides is 1. The van der Waals surface area contributed by atoms with E-state index in [2.05, 4.69) is 5.32 Å². The van der Waals surface area contributed by atoms with Crippen LogP contribution < -0.4 is 14.4 Å². The molecular weight excluding hydrogens is 538 g/mol. The number of hydrogen-bond acceptors (Lipinski definition) is 5. The van der Waals surface area contributed by atoms with E-state index in [4.69, 9.17) is 4.74 Å². The van der Waals surface area contributed by atoms with E-state index in [-0.39, 0.29) is 29.1 Å². The molecule has 2 amide bonds. The number of aryl methyl sites for hydroxylation is 2. The Labute approximate surface area is 243 Å². The van der Waals surface area contributed by atoms with Crippen LogP contribution in [0.4, 0.5) is 5.69 Å². The van der Waals surface area contributed by atoms with Crippen molar-refractivity contribution in [1.29, 1.82) is 0 Å². The van der Waals surface area contributed by atoms with Crippen molar-refractivity contribution in [2.24, 2.45) is 0 Å². The summed E-state index contributed by atoms with van der Waals surface area (Å²) >= 11 is 0. The minimum Gasteiger partial charge on any atom is -0.497 e. The van der Waals surface area contributed by atoms with Crippen molar-refractivity contribution in [3.63, 3.8) is 0 Å². The Bertz CT molecular complexity index is 1470. The van der Waals surface area contributed by atoms with Crippen LogP contribution in [-0.4, -0.2) is 50.9 Å². The van der Waals surface area contributed by atoms with Gasteiger partial charge in [-0.25, -0.2) is 8.42 Å². The van der Waals surface area contributed by atoms with Gasteiger partial charge in [-0.1, -0.05) is 60.9 Å². The highest BCUT2D eigenvalue weighted by Gasteiger charge is 2.33. The minimum atomic E-state index is -4.14. The Morgan fingerprint density at radius 1 is 0.976 bits per heavy atom. The molecule has 0 spiro atoms. The number of carbonyl (C=O) groups excluding carboxylic acids is 2. The van der Waals surface area contributed by atoms with E-state index in [0.29, 0.717) is 5.75 Å². The van der Waals surface area contributed by atoms with Crippen molar-refractivity contribution >= 4 is 27.5 Å². The highest BCUT2D eigenvalue weighted by Crippen LogP contribution is 2.28. The summed E-state index contributed by atoms with van der Waals surface area (Å²) in [4.78, 5) is 29.0. The Balaban J connectivity index is 1.71. The zero-order chi connectivity index (χ0) is 29.6. The number of nitrogens with one attached hydrogen (secondary N) is 1. The number of anilines is 1. The van der Waals surface area contributed by atoms with Crippen LogP contribution in [0.1, 0.15) is 49.3 Å². The predicted octanol–water partition coefficient (Wildman–Crippen LogP) is 4.98. The van der Waals surface area contributed by atoms with Gasteiger partial charge in [0.15, 0.2) is 0 Å². The van der Waals surface area contributed by atoms with Crippen LogP contribution in [-0.2, 0) is 26.2 Å². The molecule has 1 fully saturated rings. The maximum Gasteiger partial charge on any atom is 0.264 e. The number of rotatable bonds is 11. The zero-order valence-electron chi connectivity index (χ0n) is 24.2. The van der Waals surface area contributed by atoms with Gasteiger partial charge in [-0.3, -0.25) is 13.9 Å². The van der Waals surface area contributed by atoms with Gasteiger partial charge in [0.1, 0.15) is 18.3 Å². The number of ether oxygens (including phenoxy) is 1. The first kappa shape index (κ1) is 30.1. The lowest BCUT2D eigenvalue weighted by Gasteiger charge is -2.33. The molecule has 0 bridgehead atoms. The molecule has 41 heavy (non-hydrogen) atoms. The minimum absolute atomic E-state index is 0.0659. The fourth-order valence-electron chi connectivity index (χ4n) is 5.08. The lowest BCUT2D eigenvalue weighted by atomic mass is 10.1. The van der Waals surface area contributed by atoms with Crippen molar-refractivity contribution in [2.75, 3.05) is 18.0 Å². The van der Waals surface area contributed by atoms with Crippen LogP contribution in [0, 0.1) is 13.8 Å². The largest absolute Gasteiger partial charge is 0.497 e. The lowest BCUT2D eigenvalue weighted by Crippen LogP contribution is -2.52. The van der Waals surface area contributed by atoms with E-state index in [9.17, 15) is 18.0 Å². The van der Waals surface area contributed by atoms with Gasteiger partial charge < -0.3 is 15.0 Å². The van der Waals surface area contributed by atoms with Crippen LogP contribution in [0.5, 0.6) is 5.75 Å². The molecule has 1 atom stereocenters. The van der Waals surface area contributed by atoms with Gasteiger partial charge in [-0.15, -0.1) is 0 Å². The number of benzene rings is 3. The van der Waals surface area contributed by atoms with Gasteiger partial charge in [0, 0.05) is 18.7 Å². The number of amides is 2. The average molecular weight is 578 g/mol. The molecule has 1 saturated carbocycles. The predicted molar refractivity (Wildman–Crippen MR) is 160 cm³/mol. The van der Waals surface area contributed by atoms with Crippen molar-refractivity contribution < 1.29 is 22.7 Å². The van der Waals surface area contributed by atoms with E-state index in [1.165, 1.54) is 24.1 Å². The summed E-state index contributed by atoms with van der Waals surface area (Å²) < 4.78 is 34.4. The van der Waals surface area contributed by atoms with Gasteiger partial charge in [0.2, 0.25) is 11.8 Å². The first-order valence-corrected chi connectivity index (χ1v) is 15.4. The van der Waals surface area contributed by atoms with Crippen molar-refractivity contribution in [2.45, 2.75) is 70.0 Å². The number of carbonyl (C=O) groups is 2. The molecule has 0 radical (unpaired) electrons. The topological polar surface area (TPSA) is 96.0 Å². The average Bonchev–Trinajstić information content (AvgIpc) is 3.48. The Hall–Kier alpha value is -3.85. The van der Waals surface area contributed by atoms with E-state index in [0.717, 1.165) is 46.7 Å². The molecule has 1 N–H and O–H groups in total. The normalized spacial score (nSPS) is 14.3. The summed E-state index contributed by atoms with van der Waals surface area (Å²) in [6.07, 6.45) is 3.97. The third kappa shape index (κ3) is 7.27. The third-order valence-corrected chi connectivity index (χ3v) is 9.49. The van der Waals surface area contributed by atoms with Crippen molar-refractivity contribution in [3.8, 4) is 5.75 Å². The van der Waals surface area contributed by atoms with E-state index in [1.807, 2.05) is 38.1 Å². The summed E-state index contributed by atoms with van der Waals surface area (Å²) in [5, 5.41) is 3.09. The molecule has 0 aromatic heterocycles. The summed E-state index contributed by atoms with van der Waals surface area (Å²) in [6.45, 7) is 5.20. The lowest BCUT2D eigenvalue weighted by molar-refractivity contribution is -0.139. The van der Waals surface area contributed by atoms with E-state index >= 15 is 0 Å². The van der Waals surface area contributed by atoms with Crippen LogP contribution in [0.25, 0.3) is 0 Å². The van der Waals surface area contributed by atoms with Gasteiger partial charge in [0.05, 0.1) is 17.7 Å². The van der Waals surface area contributed by atoms with Gasteiger partial charge >= 0.3 is 0 Å². The molecule has 0 unspecified atom stereocenters. The van der Waals surface area contributed by atoms with Crippen LogP contribution in [0.2, 0.25) is 0 Å². The summed E-state index contributed by atoms with van der Waals surface area (Å²) in [5.74, 6) is -0.269. The smallest absolute Gasteiger partial charge is 0.264 e. The quantitative estimate of drug-likeness (QED) is 0.347. The second-order valence-electron chi connectivity index (χ2n) is 10.6. The summed E-state index contributed by atoms with van der Waals surface area (Å²) in [5.41, 5.74) is 3.07.